The molecule has 0 amide bonds. The monoisotopic (exact) mass is 334 g/mol. The summed E-state index contributed by atoms with van der Waals surface area (Å²) < 4.78 is 0. The smallest absolute Gasteiger partial charge is 0.153 e. The number of hydrogen-bond donors (Lipinski definition) is 1. The van der Waals surface area contributed by atoms with Crippen molar-refractivity contribution in [2.24, 2.45) is 0 Å². The summed E-state index contributed by atoms with van der Waals surface area (Å²) in [5.41, 5.74) is 0.946. The highest BCUT2D eigenvalue weighted by Gasteiger charge is 2.26. The van der Waals surface area contributed by atoms with Crippen molar-refractivity contribution in [3.05, 3.63) is 55.3 Å². The first-order chi connectivity index (χ1) is 12.4. The SMILES string of the molecule is c1cnc(Nc2nccnc2C2CCCN(c3cnccn3)C2)cn1. The quantitative estimate of drug-likeness (QED) is 0.776. The Kier molecular flexibility index (Phi) is 4.40. The van der Waals surface area contributed by atoms with Gasteiger partial charge in [0.25, 0.3) is 0 Å². The summed E-state index contributed by atoms with van der Waals surface area (Å²) in [5.74, 6) is 2.56. The minimum Gasteiger partial charge on any atom is -0.355 e. The van der Waals surface area contributed by atoms with Crippen LogP contribution < -0.4 is 10.2 Å². The van der Waals surface area contributed by atoms with E-state index in [1.807, 2.05) is 0 Å². The van der Waals surface area contributed by atoms with Crippen LogP contribution in [0.25, 0.3) is 0 Å². The van der Waals surface area contributed by atoms with Gasteiger partial charge in [0.15, 0.2) is 5.82 Å². The molecular weight excluding hydrogens is 316 g/mol. The number of anilines is 3. The van der Waals surface area contributed by atoms with Gasteiger partial charge in [-0.2, -0.15) is 0 Å². The first-order valence-electron chi connectivity index (χ1n) is 8.25. The van der Waals surface area contributed by atoms with Crippen LogP contribution in [0.1, 0.15) is 24.5 Å². The Bertz CT molecular complexity index is 811. The molecule has 4 heterocycles. The lowest BCUT2D eigenvalue weighted by molar-refractivity contribution is 0.498. The van der Waals surface area contributed by atoms with E-state index in [1.54, 1.807) is 49.6 Å². The molecule has 3 aromatic rings. The van der Waals surface area contributed by atoms with Gasteiger partial charge in [-0.05, 0) is 12.8 Å². The number of nitrogens with one attached hydrogen (secondary N) is 1. The molecule has 8 heteroatoms. The minimum atomic E-state index is 0.267. The van der Waals surface area contributed by atoms with Crippen molar-refractivity contribution in [3.8, 4) is 0 Å². The normalized spacial score (nSPS) is 17.3. The Labute approximate surface area is 145 Å². The summed E-state index contributed by atoms with van der Waals surface area (Å²) in [6.07, 6.45) is 15.7. The van der Waals surface area contributed by atoms with Crippen molar-refractivity contribution in [3.63, 3.8) is 0 Å². The molecule has 8 nitrogen and oxygen atoms in total. The summed E-state index contributed by atoms with van der Waals surface area (Å²) in [6.45, 7) is 1.81. The van der Waals surface area contributed by atoms with E-state index in [0.717, 1.165) is 43.3 Å². The van der Waals surface area contributed by atoms with Crippen LogP contribution >= 0.6 is 0 Å². The second-order valence-electron chi connectivity index (χ2n) is 5.85. The van der Waals surface area contributed by atoms with Gasteiger partial charge in [0.2, 0.25) is 0 Å². The first-order valence-corrected chi connectivity index (χ1v) is 8.25. The van der Waals surface area contributed by atoms with Crippen molar-refractivity contribution < 1.29 is 0 Å². The van der Waals surface area contributed by atoms with Gasteiger partial charge >= 0.3 is 0 Å². The third kappa shape index (κ3) is 3.52. The lowest BCUT2D eigenvalue weighted by Crippen LogP contribution is -2.35. The lowest BCUT2D eigenvalue weighted by Gasteiger charge is -2.33. The molecule has 4 rings (SSSR count). The molecule has 1 N–H and O–H groups in total. The van der Waals surface area contributed by atoms with Crippen molar-refractivity contribution >= 4 is 17.5 Å². The minimum absolute atomic E-state index is 0.267. The van der Waals surface area contributed by atoms with Crippen molar-refractivity contribution in [2.75, 3.05) is 23.3 Å². The molecule has 1 aliphatic heterocycles. The second-order valence-corrected chi connectivity index (χ2v) is 5.85. The first kappa shape index (κ1) is 15.4. The summed E-state index contributed by atoms with van der Waals surface area (Å²) in [7, 11) is 0. The van der Waals surface area contributed by atoms with E-state index in [4.69, 9.17) is 0 Å². The van der Waals surface area contributed by atoms with E-state index < -0.39 is 0 Å². The predicted molar refractivity (Wildman–Crippen MR) is 93.6 cm³/mol. The van der Waals surface area contributed by atoms with Gasteiger partial charge in [-0.3, -0.25) is 15.0 Å². The molecule has 1 saturated heterocycles. The van der Waals surface area contributed by atoms with Gasteiger partial charge in [0, 0.05) is 56.2 Å². The molecule has 0 bridgehead atoms. The Balaban J connectivity index is 1.57. The van der Waals surface area contributed by atoms with Crippen LogP contribution in [0.15, 0.2) is 49.6 Å². The lowest BCUT2D eigenvalue weighted by atomic mass is 9.94. The van der Waals surface area contributed by atoms with E-state index >= 15 is 0 Å². The molecule has 0 saturated carbocycles. The van der Waals surface area contributed by atoms with Crippen LogP contribution in [0, 0.1) is 0 Å². The molecule has 0 spiro atoms. The van der Waals surface area contributed by atoms with Gasteiger partial charge < -0.3 is 10.2 Å². The van der Waals surface area contributed by atoms with Crippen LogP contribution in [-0.2, 0) is 0 Å². The standard InChI is InChI=1S/C17H18N8/c1-2-13(12-25(9-1)15-11-19-4-6-21-15)16-17(23-8-7-22-16)24-14-10-18-3-5-20-14/h3-8,10-11,13H,1-2,9,12H2,(H,20,23,24). The van der Waals surface area contributed by atoms with Crippen LogP contribution in [0.4, 0.5) is 17.5 Å². The molecule has 0 aromatic carbocycles. The summed E-state index contributed by atoms with van der Waals surface area (Å²) in [6, 6.07) is 0. The molecule has 0 radical (unpaired) electrons. The van der Waals surface area contributed by atoms with Crippen molar-refractivity contribution in [2.45, 2.75) is 18.8 Å². The van der Waals surface area contributed by atoms with E-state index in [2.05, 4.69) is 40.1 Å². The van der Waals surface area contributed by atoms with Gasteiger partial charge in [0.05, 0.1) is 18.1 Å². The molecule has 0 aliphatic carbocycles. The Hall–Kier alpha value is -3.16. The van der Waals surface area contributed by atoms with E-state index in [-0.39, 0.29) is 5.92 Å². The van der Waals surface area contributed by atoms with Crippen LogP contribution in [0.2, 0.25) is 0 Å². The number of rotatable bonds is 4. The van der Waals surface area contributed by atoms with Gasteiger partial charge in [-0.1, -0.05) is 0 Å². The molecule has 1 aliphatic rings. The highest BCUT2D eigenvalue weighted by Crippen LogP contribution is 2.31. The average molecular weight is 334 g/mol. The fraction of sp³-hybridized carbons (Fsp3) is 0.294. The maximum absolute atomic E-state index is 4.59. The maximum atomic E-state index is 4.59. The zero-order valence-electron chi connectivity index (χ0n) is 13.7. The summed E-state index contributed by atoms with van der Waals surface area (Å²) in [5, 5.41) is 3.23. The van der Waals surface area contributed by atoms with E-state index in [0.29, 0.717) is 5.82 Å². The Morgan fingerprint density at radius 2 is 1.68 bits per heavy atom. The van der Waals surface area contributed by atoms with Crippen LogP contribution in [-0.4, -0.2) is 43.0 Å². The number of nitrogens with zero attached hydrogens (tertiary/aromatic N) is 7. The highest BCUT2D eigenvalue weighted by atomic mass is 15.2. The predicted octanol–water partition coefficient (Wildman–Crippen LogP) is 2.18. The number of hydrogen-bond acceptors (Lipinski definition) is 8. The summed E-state index contributed by atoms with van der Waals surface area (Å²) >= 11 is 0. The molecule has 25 heavy (non-hydrogen) atoms. The van der Waals surface area contributed by atoms with Crippen molar-refractivity contribution in [1.82, 2.24) is 29.9 Å². The topological polar surface area (TPSA) is 92.6 Å². The molecule has 1 unspecified atom stereocenters. The van der Waals surface area contributed by atoms with Crippen LogP contribution in [0.3, 0.4) is 0 Å². The number of piperidine rings is 1. The largest absolute Gasteiger partial charge is 0.355 e. The Morgan fingerprint density at radius 1 is 0.880 bits per heavy atom. The van der Waals surface area contributed by atoms with Gasteiger partial charge in [0.1, 0.15) is 11.6 Å². The average Bonchev–Trinajstić information content (AvgIpc) is 2.70. The Morgan fingerprint density at radius 3 is 2.48 bits per heavy atom. The molecule has 1 fully saturated rings. The van der Waals surface area contributed by atoms with Gasteiger partial charge in [-0.15, -0.1) is 0 Å². The third-order valence-electron chi connectivity index (χ3n) is 4.22. The molecule has 126 valence electrons. The molecular formula is C17H18N8. The molecule has 3 aromatic heterocycles. The van der Waals surface area contributed by atoms with Crippen LogP contribution in [0.5, 0.6) is 0 Å². The van der Waals surface area contributed by atoms with Gasteiger partial charge in [-0.25, -0.2) is 15.0 Å². The third-order valence-corrected chi connectivity index (χ3v) is 4.22. The zero-order valence-corrected chi connectivity index (χ0v) is 13.7. The molecule has 1 atom stereocenters. The maximum Gasteiger partial charge on any atom is 0.153 e. The van der Waals surface area contributed by atoms with Crippen molar-refractivity contribution in [1.29, 1.82) is 0 Å². The fourth-order valence-corrected chi connectivity index (χ4v) is 3.09. The summed E-state index contributed by atoms with van der Waals surface area (Å²) in [4.78, 5) is 28.2. The second kappa shape index (κ2) is 7.16. The van der Waals surface area contributed by atoms with E-state index in [1.165, 1.54) is 0 Å². The zero-order chi connectivity index (χ0) is 16.9. The number of aromatic nitrogens is 6. The van der Waals surface area contributed by atoms with E-state index in [9.17, 15) is 0 Å². The highest BCUT2D eigenvalue weighted by molar-refractivity contribution is 5.54. The fourth-order valence-electron chi connectivity index (χ4n) is 3.09.